The highest BCUT2D eigenvalue weighted by molar-refractivity contribution is 7.92. The number of nitrogens with one attached hydrogen (secondary N) is 2. The van der Waals surface area contributed by atoms with Crippen molar-refractivity contribution in [2.75, 3.05) is 62.7 Å². The highest BCUT2D eigenvalue weighted by Gasteiger charge is 2.28. The number of ether oxygens (including phenoxy) is 4. The van der Waals surface area contributed by atoms with Gasteiger partial charge in [0.25, 0.3) is 10.0 Å². The van der Waals surface area contributed by atoms with Crippen LogP contribution >= 0.6 is 0 Å². The molecule has 0 spiro atoms. The SMILES string of the molecule is O=S(=O)(Nc1cc(S(=O)(=O)N2CCOCC2)ccc1NC[C@@H]1CCCO1)c1ccc2c(c1)OCCO2. The highest BCUT2D eigenvalue weighted by atomic mass is 32.2. The Balaban J connectivity index is 1.46. The quantitative estimate of drug-likeness (QED) is 0.516. The van der Waals surface area contributed by atoms with Gasteiger partial charge in [-0.2, -0.15) is 4.31 Å². The topological polar surface area (TPSA) is 132 Å². The fourth-order valence-corrected chi connectivity index (χ4v) is 6.80. The standard InChI is InChI=1S/C23H29N3O8S2/c27-35(28,18-4-6-22-23(15-18)34-13-12-33-22)25-21-14-19(36(29,30)26-7-10-31-11-8-26)3-5-20(21)24-16-17-2-1-9-32-17/h3-6,14-15,17,24-25H,1-2,7-13,16H2/t17-/m0/s1. The molecule has 11 nitrogen and oxygen atoms in total. The van der Waals surface area contributed by atoms with Crippen LogP contribution in [0.3, 0.4) is 0 Å². The maximum atomic E-state index is 13.3. The van der Waals surface area contributed by atoms with Crippen LogP contribution in [0.15, 0.2) is 46.2 Å². The average Bonchev–Trinajstić information content (AvgIpc) is 3.42. The third-order valence-corrected chi connectivity index (χ3v) is 9.47. The molecular formula is C23H29N3O8S2. The number of anilines is 2. The normalized spacial score (nSPS) is 20.7. The summed E-state index contributed by atoms with van der Waals surface area (Å²) in [5.74, 6) is 0.808. The Morgan fingerprint density at radius 3 is 2.33 bits per heavy atom. The van der Waals surface area contributed by atoms with Gasteiger partial charge < -0.3 is 24.3 Å². The number of sulfonamides is 2. The van der Waals surface area contributed by atoms with E-state index in [0.717, 1.165) is 12.8 Å². The van der Waals surface area contributed by atoms with Crippen LogP contribution in [-0.2, 0) is 29.5 Å². The van der Waals surface area contributed by atoms with Gasteiger partial charge in [0.2, 0.25) is 10.0 Å². The minimum absolute atomic E-state index is 0.00371. The van der Waals surface area contributed by atoms with Gasteiger partial charge in [-0.15, -0.1) is 0 Å². The summed E-state index contributed by atoms with van der Waals surface area (Å²) in [5, 5.41) is 3.21. The van der Waals surface area contributed by atoms with Crippen molar-refractivity contribution >= 4 is 31.4 Å². The van der Waals surface area contributed by atoms with Crippen LogP contribution in [0, 0.1) is 0 Å². The smallest absolute Gasteiger partial charge is 0.262 e. The van der Waals surface area contributed by atoms with Gasteiger partial charge in [-0.25, -0.2) is 16.8 Å². The average molecular weight is 540 g/mol. The summed E-state index contributed by atoms with van der Waals surface area (Å²) in [6.45, 7) is 2.96. The highest BCUT2D eigenvalue weighted by Crippen LogP contribution is 2.34. The first kappa shape index (κ1) is 25.1. The molecule has 0 bridgehead atoms. The van der Waals surface area contributed by atoms with Crippen molar-refractivity contribution in [1.82, 2.24) is 4.31 Å². The zero-order chi connectivity index (χ0) is 25.2. The minimum atomic E-state index is -4.08. The molecule has 36 heavy (non-hydrogen) atoms. The number of rotatable bonds is 8. The molecule has 3 aliphatic heterocycles. The molecule has 0 unspecified atom stereocenters. The molecule has 1 atom stereocenters. The van der Waals surface area contributed by atoms with E-state index in [4.69, 9.17) is 18.9 Å². The summed E-state index contributed by atoms with van der Waals surface area (Å²) in [6.07, 6.45) is 1.87. The summed E-state index contributed by atoms with van der Waals surface area (Å²) < 4.78 is 79.0. The summed E-state index contributed by atoms with van der Waals surface area (Å²) in [6, 6.07) is 8.75. The number of nitrogens with zero attached hydrogens (tertiary/aromatic N) is 1. The van der Waals surface area contributed by atoms with Crippen molar-refractivity contribution in [3.63, 3.8) is 0 Å². The molecule has 0 aliphatic carbocycles. The second-order valence-electron chi connectivity index (χ2n) is 8.65. The fourth-order valence-electron chi connectivity index (χ4n) is 4.28. The van der Waals surface area contributed by atoms with E-state index in [1.54, 1.807) is 12.1 Å². The molecule has 13 heteroatoms. The lowest BCUT2D eigenvalue weighted by Gasteiger charge is -2.26. The van der Waals surface area contributed by atoms with Gasteiger partial charge >= 0.3 is 0 Å². The van der Waals surface area contributed by atoms with Crippen molar-refractivity contribution in [2.45, 2.75) is 28.7 Å². The number of morpholine rings is 1. The molecule has 3 heterocycles. The van der Waals surface area contributed by atoms with Gasteiger partial charge in [0.1, 0.15) is 13.2 Å². The van der Waals surface area contributed by atoms with E-state index in [1.165, 1.54) is 28.6 Å². The van der Waals surface area contributed by atoms with Gasteiger partial charge in [-0.05, 0) is 43.2 Å². The summed E-state index contributed by atoms with van der Waals surface area (Å²) in [4.78, 5) is -0.0368. The molecule has 2 aromatic carbocycles. The van der Waals surface area contributed by atoms with Crippen LogP contribution in [0.1, 0.15) is 12.8 Å². The van der Waals surface area contributed by atoms with E-state index in [9.17, 15) is 16.8 Å². The third-order valence-electron chi connectivity index (χ3n) is 6.21. The molecule has 2 saturated heterocycles. The van der Waals surface area contributed by atoms with Crippen LogP contribution < -0.4 is 19.5 Å². The van der Waals surface area contributed by atoms with Crippen LogP contribution in [0.4, 0.5) is 11.4 Å². The lowest BCUT2D eigenvalue weighted by Crippen LogP contribution is -2.40. The summed E-state index contributed by atoms with van der Waals surface area (Å²) in [7, 11) is -7.91. The number of hydrogen-bond acceptors (Lipinski definition) is 9. The molecule has 0 aromatic heterocycles. The molecule has 2 fully saturated rings. The van der Waals surface area contributed by atoms with Crippen LogP contribution in [0.5, 0.6) is 11.5 Å². The Morgan fingerprint density at radius 1 is 0.833 bits per heavy atom. The van der Waals surface area contributed by atoms with Crippen LogP contribution in [0.2, 0.25) is 0 Å². The maximum Gasteiger partial charge on any atom is 0.262 e. The molecule has 5 rings (SSSR count). The van der Waals surface area contributed by atoms with E-state index in [-0.39, 0.29) is 34.7 Å². The zero-order valence-corrected chi connectivity index (χ0v) is 21.3. The number of fused-ring (bicyclic) bond motifs is 1. The second kappa shape index (κ2) is 10.4. The Morgan fingerprint density at radius 2 is 1.58 bits per heavy atom. The molecule has 3 aliphatic rings. The van der Waals surface area contributed by atoms with E-state index in [0.29, 0.717) is 56.8 Å². The van der Waals surface area contributed by atoms with Gasteiger partial charge in [-0.1, -0.05) is 0 Å². The Hall–Kier alpha value is -2.58. The molecular weight excluding hydrogens is 510 g/mol. The van der Waals surface area contributed by atoms with Crippen molar-refractivity contribution in [3.8, 4) is 11.5 Å². The zero-order valence-electron chi connectivity index (χ0n) is 19.6. The predicted molar refractivity (Wildman–Crippen MR) is 132 cm³/mol. The monoisotopic (exact) mass is 539 g/mol. The molecule has 2 aromatic rings. The van der Waals surface area contributed by atoms with Gasteiger partial charge in [-0.3, -0.25) is 4.72 Å². The number of benzene rings is 2. The van der Waals surface area contributed by atoms with Crippen LogP contribution in [-0.4, -0.2) is 79.9 Å². The predicted octanol–water partition coefficient (Wildman–Crippen LogP) is 1.87. The second-order valence-corrected chi connectivity index (χ2v) is 12.3. The van der Waals surface area contributed by atoms with Crippen molar-refractivity contribution in [3.05, 3.63) is 36.4 Å². The van der Waals surface area contributed by atoms with E-state index >= 15 is 0 Å². The lowest BCUT2D eigenvalue weighted by atomic mass is 10.2. The van der Waals surface area contributed by atoms with Gasteiger partial charge in [0, 0.05) is 32.3 Å². The third kappa shape index (κ3) is 5.39. The van der Waals surface area contributed by atoms with Gasteiger partial charge in [0.15, 0.2) is 11.5 Å². The molecule has 2 N–H and O–H groups in total. The Bertz CT molecular complexity index is 1300. The molecule has 0 saturated carbocycles. The molecule has 0 radical (unpaired) electrons. The Labute approximate surface area is 210 Å². The van der Waals surface area contributed by atoms with E-state index in [2.05, 4.69) is 10.0 Å². The maximum absolute atomic E-state index is 13.3. The van der Waals surface area contributed by atoms with Crippen molar-refractivity contribution in [1.29, 1.82) is 0 Å². The first-order valence-electron chi connectivity index (χ1n) is 11.8. The summed E-state index contributed by atoms with van der Waals surface area (Å²) in [5.41, 5.74) is 0.574. The van der Waals surface area contributed by atoms with Gasteiger partial charge in [0.05, 0.1) is 40.5 Å². The van der Waals surface area contributed by atoms with E-state index < -0.39 is 20.0 Å². The van der Waals surface area contributed by atoms with E-state index in [1.807, 2.05) is 0 Å². The first-order chi connectivity index (χ1) is 17.3. The largest absolute Gasteiger partial charge is 0.486 e. The lowest BCUT2D eigenvalue weighted by molar-refractivity contribution is 0.0730. The van der Waals surface area contributed by atoms with Crippen molar-refractivity contribution in [2.24, 2.45) is 0 Å². The summed E-state index contributed by atoms with van der Waals surface area (Å²) >= 11 is 0. The number of hydrogen-bond donors (Lipinski definition) is 2. The Kier molecular flexibility index (Phi) is 7.26. The molecule has 196 valence electrons. The van der Waals surface area contributed by atoms with Crippen LogP contribution in [0.25, 0.3) is 0 Å². The first-order valence-corrected chi connectivity index (χ1v) is 14.8. The molecule has 0 amide bonds. The fraction of sp³-hybridized carbons (Fsp3) is 0.478. The van der Waals surface area contributed by atoms with Crippen molar-refractivity contribution < 1.29 is 35.8 Å². The minimum Gasteiger partial charge on any atom is -0.486 e.